The molecule has 3 nitrogen and oxygen atoms in total. The molecule has 2 aromatic heterocycles. The fraction of sp³-hybridized carbons (Fsp3) is 0.231. The van der Waals surface area contributed by atoms with Gasteiger partial charge >= 0.3 is 0 Å². The average Bonchev–Trinajstić information content (AvgIpc) is 2.40. The number of halogens is 1. The van der Waals surface area contributed by atoms with Gasteiger partial charge in [0.05, 0.1) is 0 Å². The molecule has 0 bridgehead atoms. The van der Waals surface area contributed by atoms with Crippen LogP contribution in [0.25, 0.3) is 0 Å². The highest BCUT2D eigenvalue weighted by molar-refractivity contribution is 9.08. The molecule has 0 unspecified atom stereocenters. The largest absolute Gasteiger partial charge is 0.355 e. The standard InChI is InChI=1S/C13H14BrN3/c1-17(10-11-4-6-15-7-5-11)13-3-2-12(8-14)9-16-13/h2-7,9H,8,10H2,1H3. The zero-order chi connectivity index (χ0) is 12.1. The summed E-state index contributed by atoms with van der Waals surface area (Å²) >= 11 is 3.41. The SMILES string of the molecule is CN(Cc1ccncc1)c1ccc(CBr)cn1. The van der Waals surface area contributed by atoms with Gasteiger partial charge in [0.1, 0.15) is 5.82 Å². The summed E-state index contributed by atoms with van der Waals surface area (Å²) in [5, 5.41) is 0.842. The van der Waals surface area contributed by atoms with Gasteiger partial charge in [0.25, 0.3) is 0 Å². The highest BCUT2D eigenvalue weighted by Gasteiger charge is 2.03. The van der Waals surface area contributed by atoms with Crippen molar-refractivity contribution < 1.29 is 0 Å². The van der Waals surface area contributed by atoms with Gasteiger partial charge in [0.15, 0.2) is 0 Å². The Morgan fingerprint density at radius 3 is 2.47 bits per heavy atom. The smallest absolute Gasteiger partial charge is 0.128 e. The molecule has 0 N–H and O–H groups in total. The van der Waals surface area contributed by atoms with E-state index in [0.29, 0.717) is 0 Å². The van der Waals surface area contributed by atoms with Crippen molar-refractivity contribution in [2.24, 2.45) is 0 Å². The Labute approximate surface area is 110 Å². The molecule has 0 atom stereocenters. The van der Waals surface area contributed by atoms with Crippen LogP contribution in [0.3, 0.4) is 0 Å². The van der Waals surface area contributed by atoms with E-state index in [4.69, 9.17) is 0 Å². The lowest BCUT2D eigenvalue weighted by molar-refractivity contribution is 0.894. The number of aromatic nitrogens is 2. The normalized spacial score (nSPS) is 10.2. The number of hydrogen-bond donors (Lipinski definition) is 0. The number of nitrogens with zero attached hydrogens (tertiary/aromatic N) is 3. The van der Waals surface area contributed by atoms with E-state index in [-0.39, 0.29) is 0 Å². The fourth-order valence-corrected chi connectivity index (χ4v) is 1.90. The van der Waals surface area contributed by atoms with Crippen LogP contribution in [0, 0.1) is 0 Å². The van der Waals surface area contributed by atoms with Gasteiger partial charge in [-0.25, -0.2) is 4.98 Å². The molecule has 17 heavy (non-hydrogen) atoms. The Hall–Kier alpha value is -1.42. The van der Waals surface area contributed by atoms with E-state index in [9.17, 15) is 0 Å². The molecule has 0 spiro atoms. The van der Waals surface area contributed by atoms with Gasteiger partial charge in [-0.3, -0.25) is 4.98 Å². The van der Waals surface area contributed by atoms with E-state index >= 15 is 0 Å². The third-order valence-corrected chi connectivity index (χ3v) is 3.17. The summed E-state index contributed by atoms with van der Waals surface area (Å²) in [4.78, 5) is 10.6. The molecule has 0 fully saturated rings. The quantitative estimate of drug-likeness (QED) is 0.811. The van der Waals surface area contributed by atoms with E-state index in [2.05, 4.69) is 36.9 Å². The van der Waals surface area contributed by atoms with Crippen molar-refractivity contribution >= 4 is 21.7 Å². The summed E-state index contributed by atoms with van der Waals surface area (Å²) < 4.78 is 0. The molecule has 0 saturated carbocycles. The third-order valence-electron chi connectivity index (χ3n) is 2.52. The molecular weight excluding hydrogens is 278 g/mol. The first-order valence-corrected chi connectivity index (χ1v) is 6.52. The molecule has 0 aliphatic heterocycles. The molecule has 2 rings (SSSR count). The first kappa shape index (κ1) is 12.0. The Morgan fingerprint density at radius 2 is 1.88 bits per heavy atom. The van der Waals surface area contributed by atoms with E-state index < -0.39 is 0 Å². The van der Waals surface area contributed by atoms with Gasteiger partial charge in [-0.15, -0.1) is 0 Å². The summed E-state index contributed by atoms with van der Waals surface area (Å²) in [5.74, 6) is 0.978. The highest BCUT2D eigenvalue weighted by Crippen LogP contribution is 2.13. The summed E-state index contributed by atoms with van der Waals surface area (Å²) in [7, 11) is 2.04. The lowest BCUT2D eigenvalue weighted by Crippen LogP contribution is -2.17. The van der Waals surface area contributed by atoms with Crippen LogP contribution in [-0.2, 0) is 11.9 Å². The molecule has 4 heteroatoms. The number of rotatable bonds is 4. The van der Waals surface area contributed by atoms with Gasteiger partial charge in [0, 0.05) is 37.5 Å². The van der Waals surface area contributed by atoms with Gasteiger partial charge in [0.2, 0.25) is 0 Å². The van der Waals surface area contributed by atoms with Crippen LogP contribution >= 0.6 is 15.9 Å². The average molecular weight is 292 g/mol. The van der Waals surface area contributed by atoms with Crippen molar-refractivity contribution in [1.82, 2.24) is 9.97 Å². The fourth-order valence-electron chi connectivity index (χ4n) is 1.56. The number of alkyl halides is 1. The van der Waals surface area contributed by atoms with E-state index in [1.807, 2.05) is 43.8 Å². The molecule has 0 radical (unpaired) electrons. The summed E-state index contributed by atoms with van der Waals surface area (Å²) in [5.41, 5.74) is 2.42. The lowest BCUT2D eigenvalue weighted by Gasteiger charge is -2.18. The molecular formula is C13H14BrN3. The Balaban J connectivity index is 2.06. The molecule has 2 heterocycles. The highest BCUT2D eigenvalue weighted by atomic mass is 79.9. The van der Waals surface area contributed by atoms with Crippen molar-refractivity contribution in [2.75, 3.05) is 11.9 Å². The molecule has 0 aliphatic carbocycles. The Morgan fingerprint density at radius 1 is 1.12 bits per heavy atom. The molecule has 0 amide bonds. The summed E-state index contributed by atoms with van der Waals surface area (Å²) in [6.45, 7) is 0.836. The minimum absolute atomic E-state index is 0.836. The summed E-state index contributed by atoms with van der Waals surface area (Å²) in [6.07, 6.45) is 5.52. The maximum absolute atomic E-state index is 4.43. The van der Waals surface area contributed by atoms with Crippen molar-refractivity contribution in [2.45, 2.75) is 11.9 Å². The van der Waals surface area contributed by atoms with Crippen LogP contribution in [0.15, 0.2) is 42.9 Å². The maximum atomic E-state index is 4.43. The minimum Gasteiger partial charge on any atom is -0.355 e. The van der Waals surface area contributed by atoms with E-state index in [0.717, 1.165) is 17.7 Å². The second-order valence-electron chi connectivity index (χ2n) is 3.87. The van der Waals surface area contributed by atoms with Gasteiger partial charge in [-0.05, 0) is 29.3 Å². The number of anilines is 1. The number of pyridine rings is 2. The van der Waals surface area contributed by atoms with Crippen LogP contribution in [0.2, 0.25) is 0 Å². The van der Waals surface area contributed by atoms with Crippen LogP contribution in [0.5, 0.6) is 0 Å². The van der Waals surface area contributed by atoms with Crippen LogP contribution < -0.4 is 4.90 Å². The number of hydrogen-bond acceptors (Lipinski definition) is 3. The molecule has 0 aliphatic rings. The van der Waals surface area contributed by atoms with Crippen molar-refractivity contribution in [1.29, 1.82) is 0 Å². The van der Waals surface area contributed by atoms with Crippen molar-refractivity contribution in [3.63, 3.8) is 0 Å². The Kier molecular flexibility index (Phi) is 4.09. The first-order valence-electron chi connectivity index (χ1n) is 5.40. The predicted molar refractivity (Wildman–Crippen MR) is 73.2 cm³/mol. The van der Waals surface area contributed by atoms with Crippen molar-refractivity contribution in [3.05, 3.63) is 54.0 Å². The topological polar surface area (TPSA) is 29.0 Å². The molecule has 2 aromatic rings. The van der Waals surface area contributed by atoms with E-state index in [1.54, 1.807) is 0 Å². The van der Waals surface area contributed by atoms with Gasteiger partial charge < -0.3 is 4.90 Å². The molecule has 0 saturated heterocycles. The van der Waals surface area contributed by atoms with Gasteiger partial charge in [-0.2, -0.15) is 0 Å². The molecule has 88 valence electrons. The zero-order valence-electron chi connectivity index (χ0n) is 9.68. The second-order valence-corrected chi connectivity index (χ2v) is 4.43. The van der Waals surface area contributed by atoms with Crippen LogP contribution in [0.1, 0.15) is 11.1 Å². The first-order chi connectivity index (χ1) is 8.29. The summed E-state index contributed by atoms with van der Waals surface area (Å²) in [6, 6.07) is 8.16. The maximum Gasteiger partial charge on any atom is 0.128 e. The van der Waals surface area contributed by atoms with Crippen LogP contribution in [0.4, 0.5) is 5.82 Å². The third kappa shape index (κ3) is 3.27. The lowest BCUT2D eigenvalue weighted by atomic mass is 10.2. The zero-order valence-corrected chi connectivity index (χ0v) is 11.3. The minimum atomic E-state index is 0.836. The van der Waals surface area contributed by atoms with E-state index in [1.165, 1.54) is 11.1 Å². The van der Waals surface area contributed by atoms with Crippen molar-refractivity contribution in [3.8, 4) is 0 Å². The Bertz CT molecular complexity index is 456. The predicted octanol–water partition coefficient (Wildman–Crippen LogP) is 3.01. The van der Waals surface area contributed by atoms with Crippen LogP contribution in [-0.4, -0.2) is 17.0 Å². The second kappa shape index (κ2) is 5.77. The monoisotopic (exact) mass is 291 g/mol. The molecule has 0 aromatic carbocycles. The van der Waals surface area contributed by atoms with Gasteiger partial charge in [-0.1, -0.05) is 22.0 Å².